The molecule has 93 heavy (non-hydrogen) atoms. The maximum absolute atomic E-state index is 13.0. The molecular formula is C74H144O17P2. The van der Waals surface area contributed by atoms with Gasteiger partial charge in [0.1, 0.15) is 19.3 Å². The van der Waals surface area contributed by atoms with Crippen LogP contribution >= 0.6 is 15.6 Å². The summed E-state index contributed by atoms with van der Waals surface area (Å²) in [4.78, 5) is 72.7. The van der Waals surface area contributed by atoms with E-state index in [9.17, 15) is 43.2 Å². The Morgan fingerprint density at radius 2 is 0.452 bits per heavy atom. The minimum Gasteiger partial charge on any atom is -0.462 e. The fourth-order valence-electron chi connectivity index (χ4n) is 11.2. The van der Waals surface area contributed by atoms with Gasteiger partial charge in [-0.05, 0) is 49.4 Å². The molecule has 0 saturated heterocycles. The van der Waals surface area contributed by atoms with Crippen LogP contribution in [0.5, 0.6) is 0 Å². The first-order valence-corrected chi connectivity index (χ1v) is 41.2. The smallest absolute Gasteiger partial charge is 0.462 e. The third-order valence-corrected chi connectivity index (χ3v) is 19.0. The second-order valence-electron chi connectivity index (χ2n) is 28.6. The Labute approximate surface area is 568 Å². The van der Waals surface area contributed by atoms with Gasteiger partial charge in [0.15, 0.2) is 12.2 Å². The van der Waals surface area contributed by atoms with E-state index in [4.69, 9.17) is 37.0 Å². The minimum absolute atomic E-state index is 0.104. The molecule has 0 bridgehead atoms. The number of phosphoric acid groups is 2. The zero-order valence-electron chi connectivity index (χ0n) is 60.9. The van der Waals surface area contributed by atoms with Crippen molar-refractivity contribution < 1.29 is 80.2 Å². The van der Waals surface area contributed by atoms with Gasteiger partial charge in [0.25, 0.3) is 0 Å². The average molecular weight is 1370 g/mol. The van der Waals surface area contributed by atoms with E-state index >= 15 is 0 Å². The van der Waals surface area contributed by atoms with Gasteiger partial charge >= 0.3 is 39.5 Å². The summed E-state index contributed by atoms with van der Waals surface area (Å²) in [5.41, 5.74) is 0. The summed E-state index contributed by atoms with van der Waals surface area (Å²) in [6, 6.07) is 0. The number of aliphatic hydroxyl groups excluding tert-OH is 1. The van der Waals surface area contributed by atoms with Gasteiger partial charge in [0, 0.05) is 25.7 Å². The largest absolute Gasteiger partial charge is 0.472 e. The van der Waals surface area contributed by atoms with Crippen molar-refractivity contribution in [2.75, 3.05) is 39.6 Å². The standard InChI is InChI=1S/C74H144O17P2/c1-64(2)50-42-34-26-18-15-13-11-9-10-12-14-16-20-30-38-46-54-71(76)84-60-70(91-74(79)57-49-41-33-25-23-29-37-45-53-67(7)8)63-89-93(82,83)87-59-68(75)58-86-92(80,81)88-62-69(61-85-72(77)55-47-39-31-24-22-28-36-44-52-66(5)6)90-73(78)56-48-40-32-21-17-19-27-35-43-51-65(3)4/h64-70,75H,9-63H2,1-8H3,(H,80,81)(H,82,83)/t68?,69-,70-/m1/s1. The number of phosphoric ester groups is 2. The van der Waals surface area contributed by atoms with Crippen LogP contribution in [0.25, 0.3) is 0 Å². The molecule has 0 saturated carbocycles. The van der Waals surface area contributed by atoms with Crippen molar-refractivity contribution >= 4 is 39.5 Å². The number of hydrogen-bond donors (Lipinski definition) is 3. The molecule has 0 heterocycles. The highest BCUT2D eigenvalue weighted by Crippen LogP contribution is 2.45. The molecule has 0 spiro atoms. The Bertz CT molecular complexity index is 1830. The summed E-state index contributed by atoms with van der Waals surface area (Å²) in [5, 5.41) is 10.6. The van der Waals surface area contributed by atoms with Crippen molar-refractivity contribution in [2.45, 2.75) is 388 Å². The molecule has 0 aliphatic carbocycles. The quantitative estimate of drug-likeness (QED) is 0.0222. The van der Waals surface area contributed by atoms with Crippen molar-refractivity contribution in [2.24, 2.45) is 23.7 Å². The Hall–Kier alpha value is -1.94. The summed E-state index contributed by atoms with van der Waals surface area (Å²) in [7, 11) is -9.91. The molecular weight excluding hydrogens is 1220 g/mol. The lowest BCUT2D eigenvalue weighted by Gasteiger charge is -2.21. The summed E-state index contributed by atoms with van der Waals surface area (Å²) in [5.74, 6) is 0.867. The van der Waals surface area contributed by atoms with Crippen LogP contribution in [0.2, 0.25) is 0 Å². The first-order valence-electron chi connectivity index (χ1n) is 38.2. The summed E-state index contributed by atoms with van der Waals surface area (Å²) in [6.45, 7) is 14.1. The molecule has 19 heteroatoms. The van der Waals surface area contributed by atoms with E-state index in [1.807, 2.05) is 0 Å². The van der Waals surface area contributed by atoms with Crippen LogP contribution in [-0.2, 0) is 65.4 Å². The predicted octanol–water partition coefficient (Wildman–Crippen LogP) is 21.3. The minimum atomic E-state index is -4.96. The summed E-state index contributed by atoms with van der Waals surface area (Å²) in [6.07, 6.45) is 47.4. The molecule has 0 aliphatic rings. The van der Waals surface area contributed by atoms with E-state index in [2.05, 4.69) is 55.4 Å². The van der Waals surface area contributed by atoms with Gasteiger partial charge < -0.3 is 33.8 Å². The van der Waals surface area contributed by atoms with Gasteiger partial charge in [0.2, 0.25) is 0 Å². The zero-order chi connectivity index (χ0) is 68.9. The van der Waals surface area contributed by atoms with Gasteiger partial charge in [0.05, 0.1) is 26.4 Å². The van der Waals surface area contributed by atoms with E-state index in [0.717, 1.165) is 114 Å². The second kappa shape index (κ2) is 63.5. The van der Waals surface area contributed by atoms with Crippen LogP contribution in [-0.4, -0.2) is 96.7 Å². The molecule has 5 atom stereocenters. The number of esters is 4. The highest BCUT2D eigenvalue weighted by molar-refractivity contribution is 7.47. The van der Waals surface area contributed by atoms with Gasteiger partial charge in [-0.1, -0.05) is 319 Å². The molecule has 3 N–H and O–H groups in total. The molecule has 0 amide bonds. The molecule has 0 fully saturated rings. The van der Waals surface area contributed by atoms with Crippen LogP contribution in [0.15, 0.2) is 0 Å². The molecule has 0 aliphatic heterocycles. The van der Waals surface area contributed by atoms with Gasteiger partial charge in [-0.2, -0.15) is 0 Å². The lowest BCUT2D eigenvalue weighted by molar-refractivity contribution is -0.161. The summed E-state index contributed by atoms with van der Waals surface area (Å²) >= 11 is 0. The highest BCUT2D eigenvalue weighted by Gasteiger charge is 2.30. The van der Waals surface area contributed by atoms with Crippen molar-refractivity contribution in [3.63, 3.8) is 0 Å². The number of ether oxygens (including phenoxy) is 4. The third-order valence-electron chi connectivity index (χ3n) is 17.1. The van der Waals surface area contributed by atoms with Crippen LogP contribution in [0.3, 0.4) is 0 Å². The predicted molar refractivity (Wildman–Crippen MR) is 377 cm³/mol. The molecule has 17 nitrogen and oxygen atoms in total. The van der Waals surface area contributed by atoms with E-state index in [1.54, 1.807) is 0 Å². The average Bonchev–Trinajstić information content (AvgIpc) is 2.11. The Balaban J connectivity index is 5.20. The van der Waals surface area contributed by atoms with E-state index in [0.29, 0.717) is 25.7 Å². The van der Waals surface area contributed by atoms with Gasteiger partial charge in [-0.15, -0.1) is 0 Å². The maximum atomic E-state index is 13.0. The van der Waals surface area contributed by atoms with E-state index in [-0.39, 0.29) is 25.7 Å². The Morgan fingerprint density at radius 1 is 0.269 bits per heavy atom. The highest BCUT2D eigenvalue weighted by atomic mass is 31.2. The van der Waals surface area contributed by atoms with Crippen LogP contribution < -0.4 is 0 Å². The first-order chi connectivity index (χ1) is 44.6. The monoisotopic (exact) mass is 1370 g/mol. The number of rotatable bonds is 71. The fraction of sp³-hybridized carbons (Fsp3) is 0.946. The number of carbonyl (C=O) groups excluding carboxylic acids is 4. The molecule has 552 valence electrons. The number of carbonyl (C=O) groups is 4. The molecule has 0 rings (SSSR count). The normalized spacial score (nSPS) is 14.2. The lowest BCUT2D eigenvalue weighted by atomic mass is 10.0. The molecule has 0 radical (unpaired) electrons. The van der Waals surface area contributed by atoms with Crippen molar-refractivity contribution in [1.82, 2.24) is 0 Å². The molecule has 3 unspecified atom stereocenters. The fourth-order valence-corrected chi connectivity index (χ4v) is 12.8. The SMILES string of the molecule is CC(C)CCCCCCCCCCCCCCCCCCC(=O)OC[C@H](COP(=O)(O)OCC(O)COP(=O)(O)OC[C@@H](COC(=O)CCCCCCCCCCC(C)C)OC(=O)CCCCCCCCCCCC(C)C)OC(=O)CCCCCCCCCCC(C)C. The topological polar surface area (TPSA) is 237 Å². The molecule has 0 aromatic carbocycles. The Morgan fingerprint density at radius 3 is 0.667 bits per heavy atom. The second-order valence-corrected chi connectivity index (χ2v) is 31.5. The summed E-state index contributed by atoms with van der Waals surface area (Å²) < 4.78 is 68.4. The van der Waals surface area contributed by atoms with Gasteiger partial charge in [-0.25, -0.2) is 9.13 Å². The third kappa shape index (κ3) is 68.4. The van der Waals surface area contributed by atoms with Crippen molar-refractivity contribution in [3.8, 4) is 0 Å². The van der Waals surface area contributed by atoms with Crippen molar-refractivity contribution in [3.05, 3.63) is 0 Å². The number of aliphatic hydroxyl groups is 1. The van der Waals surface area contributed by atoms with Crippen molar-refractivity contribution in [1.29, 1.82) is 0 Å². The molecule has 0 aromatic rings. The van der Waals surface area contributed by atoms with E-state index in [1.165, 1.54) is 173 Å². The maximum Gasteiger partial charge on any atom is 0.472 e. The zero-order valence-corrected chi connectivity index (χ0v) is 62.7. The van der Waals surface area contributed by atoms with Crippen LogP contribution in [0.1, 0.15) is 370 Å². The van der Waals surface area contributed by atoms with E-state index < -0.39 is 97.5 Å². The first kappa shape index (κ1) is 91.1. The number of unbranched alkanes of at least 4 members (excludes halogenated alkanes) is 37. The van der Waals surface area contributed by atoms with Crippen LogP contribution in [0.4, 0.5) is 0 Å². The Kier molecular flexibility index (Phi) is 62.2. The van der Waals surface area contributed by atoms with Gasteiger partial charge in [-0.3, -0.25) is 37.3 Å². The molecule has 0 aromatic heterocycles. The lowest BCUT2D eigenvalue weighted by Crippen LogP contribution is -2.30. The number of hydrogen-bond acceptors (Lipinski definition) is 15. The van der Waals surface area contributed by atoms with Crippen LogP contribution in [0, 0.1) is 23.7 Å².